The van der Waals surface area contributed by atoms with Crippen LogP contribution in [0.2, 0.25) is 0 Å². The monoisotopic (exact) mass is 380 g/mol. The van der Waals surface area contributed by atoms with Gasteiger partial charge in [0.05, 0.1) is 12.7 Å². The summed E-state index contributed by atoms with van der Waals surface area (Å²) in [4.78, 5) is 14.7. The van der Waals surface area contributed by atoms with Crippen molar-refractivity contribution in [2.45, 2.75) is 38.8 Å². The molecule has 1 saturated heterocycles. The molecule has 1 amide bonds. The van der Waals surface area contributed by atoms with E-state index < -0.39 is 0 Å². The van der Waals surface area contributed by atoms with Crippen LogP contribution in [0.5, 0.6) is 0 Å². The Bertz CT molecular complexity index is 705. The fourth-order valence-electron chi connectivity index (χ4n) is 3.67. The molecule has 1 aliphatic rings. The molecule has 0 aromatic heterocycles. The number of ether oxygens (including phenoxy) is 1. The Morgan fingerprint density at radius 2 is 1.79 bits per heavy atom. The maximum Gasteiger partial charge on any atom is 0.220 e. The number of nitrogens with one attached hydrogen (secondary N) is 1. The summed E-state index contributed by atoms with van der Waals surface area (Å²) in [5.74, 6) is 0.506. The van der Waals surface area contributed by atoms with E-state index in [9.17, 15) is 4.79 Å². The zero-order valence-corrected chi connectivity index (χ0v) is 16.8. The van der Waals surface area contributed by atoms with Gasteiger partial charge in [-0.15, -0.1) is 0 Å². The Hall–Kier alpha value is -2.17. The fraction of sp³-hybridized carbons (Fsp3) is 0.458. The number of carbonyl (C=O) groups excluding carboxylic acids is 1. The highest BCUT2D eigenvalue weighted by Crippen LogP contribution is 2.13. The van der Waals surface area contributed by atoms with Gasteiger partial charge >= 0.3 is 0 Å². The molecule has 2 atom stereocenters. The lowest BCUT2D eigenvalue weighted by atomic mass is 9.98. The lowest BCUT2D eigenvalue weighted by Gasteiger charge is -2.33. The van der Waals surface area contributed by atoms with E-state index in [4.69, 9.17) is 4.74 Å². The highest BCUT2D eigenvalue weighted by molar-refractivity contribution is 5.76. The van der Waals surface area contributed by atoms with Crippen molar-refractivity contribution in [2.24, 2.45) is 5.92 Å². The third kappa shape index (κ3) is 7.10. The number of hydrogen-bond donors (Lipinski definition) is 1. The SMILES string of the molecule is CC(CCc1ccccc1)CC(=O)NCC1CN(Cc2ccccc2)CCO1. The molecule has 1 heterocycles. The highest BCUT2D eigenvalue weighted by atomic mass is 16.5. The van der Waals surface area contributed by atoms with Gasteiger partial charge in [-0.3, -0.25) is 9.69 Å². The number of rotatable bonds is 9. The van der Waals surface area contributed by atoms with Crippen LogP contribution >= 0.6 is 0 Å². The van der Waals surface area contributed by atoms with Crippen molar-refractivity contribution in [2.75, 3.05) is 26.2 Å². The molecule has 2 unspecified atom stereocenters. The summed E-state index contributed by atoms with van der Waals surface area (Å²) in [7, 11) is 0. The van der Waals surface area contributed by atoms with E-state index in [1.807, 2.05) is 12.1 Å². The zero-order chi connectivity index (χ0) is 19.6. The number of carbonyl (C=O) groups is 1. The summed E-state index contributed by atoms with van der Waals surface area (Å²) >= 11 is 0. The lowest BCUT2D eigenvalue weighted by molar-refractivity contribution is -0.123. The van der Waals surface area contributed by atoms with Gasteiger partial charge in [-0.25, -0.2) is 0 Å². The molecule has 2 aromatic carbocycles. The smallest absolute Gasteiger partial charge is 0.220 e. The van der Waals surface area contributed by atoms with E-state index >= 15 is 0 Å². The standard InChI is InChI=1S/C24H32N2O2/c1-20(12-13-21-8-4-2-5-9-21)16-24(27)25-17-23-19-26(14-15-28-23)18-22-10-6-3-7-11-22/h2-11,20,23H,12-19H2,1H3,(H,25,27). The van der Waals surface area contributed by atoms with Crippen molar-refractivity contribution in [1.29, 1.82) is 0 Å². The van der Waals surface area contributed by atoms with Crippen molar-refractivity contribution in [3.05, 3.63) is 71.8 Å². The molecular formula is C24H32N2O2. The van der Waals surface area contributed by atoms with E-state index in [-0.39, 0.29) is 12.0 Å². The average molecular weight is 381 g/mol. The van der Waals surface area contributed by atoms with Crippen LogP contribution in [0.3, 0.4) is 0 Å². The lowest BCUT2D eigenvalue weighted by Crippen LogP contribution is -2.47. The average Bonchev–Trinajstić information content (AvgIpc) is 2.73. The van der Waals surface area contributed by atoms with Crippen LogP contribution in [-0.4, -0.2) is 43.2 Å². The molecule has 28 heavy (non-hydrogen) atoms. The predicted molar refractivity (Wildman–Crippen MR) is 113 cm³/mol. The Morgan fingerprint density at radius 1 is 1.11 bits per heavy atom. The van der Waals surface area contributed by atoms with Crippen molar-refractivity contribution < 1.29 is 9.53 Å². The second kappa shape index (κ2) is 11.0. The molecule has 0 radical (unpaired) electrons. The Labute approximate surface area is 168 Å². The zero-order valence-electron chi connectivity index (χ0n) is 16.8. The van der Waals surface area contributed by atoms with Crippen LogP contribution in [0.15, 0.2) is 60.7 Å². The van der Waals surface area contributed by atoms with E-state index in [1.54, 1.807) is 0 Å². The number of amides is 1. The number of benzene rings is 2. The molecule has 1 fully saturated rings. The first-order valence-electron chi connectivity index (χ1n) is 10.4. The topological polar surface area (TPSA) is 41.6 Å². The minimum atomic E-state index is 0.0704. The number of hydrogen-bond acceptors (Lipinski definition) is 3. The van der Waals surface area contributed by atoms with Crippen LogP contribution in [0, 0.1) is 5.92 Å². The minimum absolute atomic E-state index is 0.0704. The molecule has 0 spiro atoms. The number of nitrogens with zero attached hydrogens (tertiary/aromatic N) is 1. The summed E-state index contributed by atoms with van der Waals surface area (Å²) in [6.07, 6.45) is 2.70. The first-order chi connectivity index (χ1) is 13.7. The maximum absolute atomic E-state index is 12.3. The van der Waals surface area contributed by atoms with Gasteiger partial charge in [0.2, 0.25) is 5.91 Å². The van der Waals surface area contributed by atoms with Crippen LogP contribution in [0.1, 0.15) is 30.9 Å². The summed E-state index contributed by atoms with van der Waals surface area (Å²) in [5.41, 5.74) is 2.66. The molecule has 2 aromatic rings. The molecule has 1 N–H and O–H groups in total. The van der Waals surface area contributed by atoms with Crippen molar-refractivity contribution in [1.82, 2.24) is 10.2 Å². The van der Waals surface area contributed by atoms with E-state index in [0.717, 1.165) is 39.1 Å². The molecule has 0 aliphatic carbocycles. The Balaban J connectivity index is 1.34. The molecule has 1 aliphatic heterocycles. The van der Waals surface area contributed by atoms with E-state index in [1.165, 1.54) is 11.1 Å². The third-order valence-electron chi connectivity index (χ3n) is 5.30. The van der Waals surface area contributed by atoms with Gasteiger partial charge < -0.3 is 10.1 Å². The molecule has 0 bridgehead atoms. The predicted octanol–water partition coefficient (Wildman–Crippen LogP) is 3.66. The normalized spacial score (nSPS) is 18.5. The van der Waals surface area contributed by atoms with Crippen LogP contribution in [0.25, 0.3) is 0 Å². The molecule has 3 rings (SSSR count). The molecule has 4 nitrogen and oxygen atoms in total. The maximum atomic E-state index is 12.3. The van der Waals surface area contributed by atoms with Gasteiger partial charge in [0.15, 0.2) is 0 Å². The molecule has 4 heteroatoms. The summed E-state index contributed by atoms with van der Waals surface area (Å²) in [6, 6.07) is 21.0. The minimum Gasteiger partial charge on any atom is -0.374 e. The number of morpholine rings is 1. The van der Waals surface area contributed by atoms with E-state index in [2.05, 4.69) is 65.7 Å². The largest absolute Gasteiger partial charge is 0.374 e. The van der Waals surface area contributed by atoms with Crippen LogP contribution in [0.4, 0.5) is 0 Å². The quantitative estimate of drug-likeness (QED) is 0.722. The first-order valence-corrected chi connectivity index (χ1v) is 10.4. The molecular weight excluding hydrogens is 348 g/mol. The highest BCUT2D eigenvalue weighted by Gasteiger charge is 2.21. The van der Waals surface area contributed by atoms with Gasteiger partial charge in [0.25, 0.3) is 0 Å². The van der Waals surface area contributed by atoms with Crippen molar-refractivity contribution in [3.63, 3.8) is 0 Å². The third-order valence-corrected chi connectivity index (χ3v) is 5.30. The van der Waals surface area contributed by atoms with Crippen molar-refractivity contribution >= 4 is 5.91 Å². The second-order valence-electron chi connectivity index (χ2n) is 7.85. The fourth-order valence-corrected chi connectivity index (χ4v) is 3.67. The van der Waals surface area contributed by atoms with Crippen LogP contribution in [-0.2, 0) is 22.5 Å². The van der Waals surface area contributed by atoms with Gasteiger partial charge in [0.1, 0.15) is 0 Å². The number of aryl methyl sites for hydroxylation is 1. The summed E-state index contributed by atoms with van der Waals surface area (Å²) < 4.78 is 5.85. The molecule has 150 valence electrons. The first kappa shape index (κ1) is 20.6. The summed E-state index contributed by atoms with van der Waals surface area (Å²) in [5, 5.41) is 3.08. The Morgan fingerprint density at radius 3 is 2.50 bits per heavy atom. The van der Waals surface area contributed by atoms with Gasteiger partial charge in [-0.2, -0.15) is 0 Å². The second-order valence-corrected chi connectivity index (χ2v) is 7.85. The molecule has 0 saturated carbocycles. The van der Waals surface area contributed by atoms with Gasteiger partial charge in [-0.05, 0) is 29.9 Å². The van der Waals surface area contributed by atoms with Crippen molar-refractivity contribution in [3.8, 4) is 0 Å². The van der Waals surface area contributed by atoms with Gasteiger partial charge in [0, 0.05) is 32.6 Å². The summed E-state index contributed by atoms with van der Waals surface area (Å²) in [6.45, 7) is 6.21. The Kier molecular flexibility index (Phi) is 8.07. The van der Waals surface area contributed by atoms with Gasteiger partial charge in [-0.1, -0.05) is 67.6 Å². The van der Waals surface area contributed by atoms with Crippen LogP contribution < -0.4 is 5.32 Å². The van der Waals surface area contributed by atoms with E-state index in [0.29, 0.717) is 18.9 Å².